The van der Waals surface area contributed by atoms with E-state index in [1.54, 1.807) is 6.92 Å². The van der Waals surface area contributed by atoms with Gasteiger partial charge in [-0.25, -0.2) is 4.98 Å². The second-order valence-electron chi connectivity index (χ2n) is 7.92. The van der Waals surface area contributed by atoms with Crippen LogP contribution in [0.1, 0.15) is 47.3 Å². The molecule has 30 heavy (non-hydrogen) atoms. The molecule has 2 heterocycles. The van der Waals surface area contributed by atoms with Gasteiger partial charge in [-0.2, -0.15) is 0 Å². The van der Waals surface area contributed by atoms with E-state index in [0.717, 1.165) is 41.7 Å². The Morgan fingerprint density at radius 1 is 1.10 bits per heavy atom. The first-order valence-electron chi connectivity index (χ1n) is 10.2. The minimum atomic E-state index is 0.0264. The second kappa shape index (κ2) is 7.40. The van der Waals surface area contributed by atoms with Crippen molar-refractivity contribution in [2.75, 3.05) is 7.05 Å². The van der Waals surface area contributed by atoms with Gasteiger partial charge in [-0.3, -0.25) is 4.79 Å². The standard InChI is InChI=1S/C23H23N5O2/c1-14-26-27-22(30-14)17-11-12-18(13-17)28(2)23(29)16-9-7-15(8-10-16)21-24-19-5-3-4-6-20(19)25-21/h3-10,17-18H,11-13H2,1-2H3,(H,24,25). The number of carbonyl (C=O) groups excluding carboxylic acids is 1. The molecule has 2 aromatic heterocycles. The van der Waals surface area contributed by atoms with Crippen LogP contribution >= 0.6 is 0 Å². The van der Waals surface area contributed by atoms with E-state index in [1.807, 2.05) is 60.5 Å². The van der Waals surface area contributed by atoms with Crippen LogP contribution in [-0.2, 0) is 0 Å². The minimum Gasteiger partial charge on any atom is -0.425 e. The number of carbonyl (C=O) groups is 1. The number of hydrogen-bond donors (Lipinski definition) is 1. The van der Waals surface area contributed by atoms with Crippen molar-refractivity contribution in [3.05, 3.63) is 65.9 Å². The summed E-state index contributed by atoms with van der Waals surface area (Å²) in [6, 6.07) is 15.7. The zero-order chi connectivity index (χ0) is 20.7. The summed E-state index contributed by atoms with van der Waals surface area (Å²) in [5.74, 6) is 2.32. The summed E-state index contributed by atoms with van der Waals surface area (Å²) in [5, 5.41) is 8.08. The number of nitrogens with one attached hydrogen (secondary N) is 1. The molecule has 1 saturated carbocycles. The summed E-state index contributed by atoms with van der Waals surface area (Å²) in [6.07, 6.45) is 2.74. The van der Waals surface area contributed by atoms with Crippen molar-refractivity contribution < 1.29 is 9.21 Å². The molecule has 0 aliphatic heterocycles. The Kier molecular flexibility index (Phi) is 4.58. The minimum absolute atomic E-state index is 0.0264. The molecular formula is C23H23N5O2. The highest BCUT2D eigenvalue weighted by Crippen LogP contribution is 2.36. The Balaban J connectivity index is 1.29. The Bertz CT molecular complexity index is 1160. The zero-order valence-electron chi connectivity index (χ0n) is 17.0. The summed E-state index contributed by atoms with van der Waals surface area (Å²) in [4.78, 5) is 22.8. The molecule has 152 valence electrons. The number of nitrogens with zero attached hydrogens (tertiary/aromatic N) is 4. The fourth-order valence-electron chi connectivity index (χ4n) is 4.24. The van der Waals surface area contributed by atoms with Crippen LogP contribution in [0.5, 0.6) is 0 Å². The molecule has 1 amide bonds. The van der Waals surface area contributed by atoms with Gasteiger partial charge in [0.15, 0.2) is 0 Å². The van der Waals surface area contributed by atoms with Crippen molar-refractivity contribution in [3.8, 4) is 11.4 Å². The van der Waals surface area contributed by atoms with Crippen molar-refractivity contribution in [1.29, 1.82) is 0 Å². The number of fused-ring (bicyclic) bond motifs is 1. The van der Waals surface area contributed by atoms with E-state index in [0.29, 0.717) is 17.3 Å². The Hall–Kier alpha value is -3.48. The first-order valence-corrected chi connectivity index (χ1v) is 10.2. The number of H-pyrrole nitrogens is 1. The Labute approximate surface area is 174 Å². The van der Waals surface area contributed by atoms with Gasteiger partial charge in [0, 0.05) is 37.1 Å². The number of amides is 1. The number of aromatic nitrogens is 4. The monoisotopic (exact) mass is 401 g/mol. The van der Waals surface area contributed by atoms with Crippen LogP contribution in [-0.4, -0.2) is 44.1 Å². The van der Waals surface area contributed by atoms with E-state index in [-0.39, 0.29) is 17.9 Å². The lowest BCUT2D eigenvalue weighted by Crippen LogP contribution is -2.35. The molecule has 7 heteroatoms. The van der Waals surface area contributed by atoms with Crippen molar-refractivity contribution in [1.82, 2.24) is 25.1 Å². The largest absolute Gasteiger partial charge is 0.425 e. The SMILES string of the molecule is Cc1nnc(C2CCC(N(C)C(=O)c3ccc(-c4nc5ccccc5[nH]4)cc3)C2)o1. The van der Waals surface area contributed by atoms with Gasteiger partial charge in [0.25, 0.3) is 5.91 Å². The van der Waals surface area contributed by atoms with Crippen LogP contribution in [0.2, 0.25) is 0 Å². The Morgan fingerprint density at radius 2 is 1.90 bits per heavy atom. The van der Waals surface area contributed by atoms with Crippen LogP contribution in [0.4, 0.5) is 0 Å². The second-order valence-corrected chi connectivity index (χ2v) is 7.92. The number of hydrogen-bond acceptors (Lipinski definition) is 5. The summed E-state index contributed by atoms with van der Waals surface area (Å²) in [6.45, 7) is 1.80. The fourth-order valence-corrected chi connectivity index (χ4v) is 4.24. The summed E-state index contributed by atoms with van der Waals surface area (Å²) < 4.78 is 5.58. The van der Waals surface area contributed by atoms with E-state index < -0.39 is 0 Å². The average molecular weight is 401 g/mol. The predicted molar refractivity (Wildman–Crippen MR) is 113 cm³/mol. The molecule has 0 bridgehead atoms. The van der Waals surface area contributed by atoms with E-state index in [9.17, 15) is 4.79 Å². The number of imidazole rings is 1. The maximum absolute atomic E-state index is 13.0. The van der Waals surface area contributed by atoms with Gasteiger partial charge in [0.2, 0.25) is 11.8 Å². The highest BCUT2D eigenvalue weighted by atomic mass is 16.4. The first-order chi connectivity index (χ1) is 14.6. The van der Waals surface area contributed by atoms with Gasteiger partial charge >= 0.3 is 0 Å². The number of para-hydroxylation sites is 2. The molecule has 2 aromatic carbocycles. The van der Waals surface area contributed by atoms with Crippen molar-refractivity contribution in [3.63, 3.8) is 0 Å². The van der Waals surface area contributed by atoms with Gasteiger partial charge in [-0.05, 0) is 43.5 Å². The summed E-state index contributed by atoms with van der Waals surface area (Å²) in [5.41, 5.74) is 3.56. The van der Waals surface area contributed by atoms with Gasteiger partial charge in [0.05, 0.1) is 11.0 Å². The van der Waals surface area contributed by atoms with Gasteiger partial charge in [-0.1, -0.05) is 24.3 Å². The third-order valence-electron chi connectivity index (χ3n) is 5.96. The summed E-state index contributed by atoms with van der Waals surface area (Å²) in [7, 11) is 1.88. The normalized spacial score (nSPS) is 18.7. The molecule has 2 atom stereocenters. The molecule has 1 fully saturated rings. The van der Waals surface area contributed by atoms with E-state index in [2.05, 4.69) is 20.2 Å². The summed E-state index contributed by atoms with van der Waals surface area (Å²) >= 11 is 0. The van der Waals surface area contributed by atoms with Crippen molar-refractivity contribution in [2.24, 2.45) is 0 Å². The highest BCUT2D eigenvalue weighted by molar-refractivity contribution is 5.94. The lowest BCUT2D eigenvalue weighted by atomic mass is 10.1. The molecule has 0 spiro atoms. The third kappa shape index (κ3) is 3.36. The molecular weight excluding hydrogens is 378 g/mol. The van der Waals surface area contributed by atoms with Crippen molar-refractivity contribution >= 4 is 16.9 Å². The number of aromatic amines is 1. The molecule has 1 aliphatic carbocycles. The van der Waals surface area contributed by atoms with E-state index >= 15 is 0 Å². The predicted octanol–water partition coefficient (Wildman–Crippen LogP) is 4.33. The van der Waals surface area contributed by atoms with Gasteiger partial charge in [-0.15, -0.1) is 10.2 Å². The maximum Gasteiger partial charge on any atom is 0.253 e. The van der Waals surface area contributed by atoms with Crippen molar-refractivity contribution in [2.45, 2.75) is 38.1 Å². The lowest BCUT2D eigenvalue weighted by Gasteiger charge is -2.24. The van der Waals surface area contributed by atoms with Crippen LogP contribution in [0.15, 0.2) is 52.9 Å². The highest BCUT2D eigenvalue weighted by Gasteiger charge is 2.33. The quantitative estimate of drug-likeness (QED) is 0.550. The van der Waals surface area contributed by atoms with E-state index in [4.69, 9.17) is 4.42 Å². The number of benzene rings is 2. The van der Waals surface area contributed by atoms with E-state index in [1.165, 1.54) is 0 Å². The molecule has 4 aromatic rings. The molecule has 7 nitrogen and oxygen atoms in total. The smallest absolute Gasteiger partial charge is 0.253 e. The number of rotatable bonds is 4. The van der Waals surface area contributed by atoms with Crippen LogP contribution in [0.3, 0.4) is 0 Å². The molecule has 1 N–H and O–H groups in total. The molecule has 0 radical (unpaired) electrons. The zero-order valence-corrected chi connectivity index (χ0v) is 17.0. The maximum atomic E-state index is 13.0. The average Bonchev–Trinajstić information content (AvgIpc) is 3.51. The van der Waals surface area contributed by atoms with Gasteiger partial charge < -0.3 is 14.3 Å². The molecule has 0 saturated heterocycles. The molecule has 2 unspecified atom stereocenters. The molecule has 5 rings (SSSR count). The third-order valence-corrected chi connectivity index (χ3v) is 5.96. The van der Waals surface area contributed by atoms with Crippen LogP contribution < -0.4 is 0 Å². The topological polar surface area (TPSA) is 87.9 Å². The first kappa shape index (κ1) is 18.5. The number of aryl methyl sites for hydroxylation is 1. The van der Waals surface area contributed by atoms with Crippen LogP contribution in [0.25, 0.3) is 22.4 Å². The lowest BCUT2D eigenvalue weighted by molar-refractivity contribution is 0.0733. The van der Waals surface area contributed by atoms with Crippen LogP contribution in [0, 0.1) is 6.92 Å². The fraction of sp³-hybridized carbons (Fsp3) is 0.304. The Morgan fingerprint density at radius 3 is 2.63 bits per heavy atom. The van der Waals surface area contributed by atoms with Gasteiger partial charge in [0.1, 0.15) is 5.82 Å². The molecule has 1 aliphatic rings.